The molecule has 0 radical (unpaired) electrons. The molecule has 140 valence electrons. The van der Waals surface area contributed by atoms with E-state index < -0.39 is 11.7 Å². The summed E-state index contributed by atoms with van der Waals surface area (Å²) in [5.74, 6) is -0.119. The maximum atomic E-state index is 13.4. The van der Waals surface area contributed by atoms with Crippen LogP contribution in [0.1, 0.15) is 12.0 Å². The summed E-state index contributed by atoms with van der Waals surface area (Å²) in [6.07, 6.45) is 0.106. The number of carbonyl (C=O) groups excluding carboxylic acids is 2. The summed E-state index contributed by atoms with van der Waals surface area (Å²) >= 11 is 0. The van der Waals surface area contributed by atoms with E-state index >= 15 is 0 Å². The Kier molecular flexibility index (Phi) is 4.43. The summed E-state index contributed by atoms with van der Waals surface area (Å²) in [7, 11) is 0. The second-order valence-electron chi connectivity index (χ2n) is 6.68. The third-order valence-corrected chi connectivity index (χ3v) is 4.79. The van der Waals surface area contributed by atoms with Gasteiger partial charge in [0.2, 0.25) is 11.8 Å². The fraction of sp³-hybridized carbons (Fsp3) is 0.300. The molecule has 2 aliphatic rings. The highest BCUT2D eigenvalue weighted by Crippen LogP contribution is 2.36. The quantitative estimate of drug-likeness (QED) is 0.902. The molecule has 0 aromatic heterocycles. The first-order valence-corrected chi connectivity index (χ1v) is 8.78. The van der Waals surface area contributed by atoms with Crippen molar-refractivity contribution in [3.63, 3.8) is 0 Å². The average Bonchev–Trinajstić information content (AvgIpc) is 3.06. The summed E-state index contributed by atoms with van der Waals surface area (Å²) in [5, 5.41) is 2.73. The molecular weight excluding hydrogens is 351 g/mol. The van der Waals surface area contributed by atoms with Gasteiger partial charge in [-0.2, -0.15) is 0 Å². The summed E-state index contributed by atoms with van der Waals surface area (Å²) in [4.78, 5) is 26.6. The zero-order valence-electron chi connectivity index (χ0n) is 14.8. The summed E-state index contributed by atoms with van der Waals surface area (Å²) in [6.45, 7) is 3.01. The van der Waals surface area contributed by atoms with Gasteiger partial charge >= 0.3 is 0 Å². The number of anilines is 2. The average molecular weight is 370 g/mol. The Bertz CT molecular complexity index is 915. The molecule has 27 heavy (non-hydrogen) atoms. The second kappa shape index (κ2) is 6.90. The van der Waals surface area contributed by atoms with Crippen molar-refractivity contribution in [2.45, 2.75) is 13.3 Å². The molecular formula is C20H19FN2O4. The SMILES string of the molecule is Cc1ccc(F)cc1NC(=O)[C@H]1CC(=O)N(c2ccc3c(c2)OCCO3)C1. The minimum atomic E-state index is -0.506. The highest BCUT2D eigenvalue weighted by Gasteiger charge is 2.35. The van der Waals surface area contributed by atoms with E-state index in [0.717, 1.165) is 5.56 Å². The number of hydrogen-bond donors (Lipinski definition) is 1. The van der Waals surface area contributed by atoms with E-state index in [1.807, 2.05) is 0 Å². The maximum absolute atomic E-state index is 13.4. The molecule has 2 aliphatic heterocycles. The lowest BCUT2D eigenvalue weighted by Crippen LogP contribution is -2.28. The number of ether oxygens (including phenoxy) is 2. The molecule has 1 saturated heterocycles. The Morgan fingerprint density at radius 2 is 1.93 bits per heavy atom. The molecule has 2 heterocycles. The van der Waals surface area contributed by atoms with Crippen LogP contribution in [0, 0.1) is 18.7 Å². The molecule has 2 amide bonds. The van der Waals surface area contributed by atoms with E-state index in [1.165, 1.54) is 12.1 Å². The number of benzene rings is 2. The van der Waals surface area contributed by atoms with E-state index in [-0.39, 0.29) is 24.8 Å². The molecule has 2 aromatic carbocycles. The molecule has 0 unspecified atom stereocenters. The number of amides is 2. The Balaban J connectivity index is 1.49. The van der Waals surface area contributed by atoms with Crippen LogP contribution in [0.2, 0.25) is 0 Å². The van der Waals surface area contributed by atoms with Crippen LogP contribution in [0.15, 0.2) is 36.4 Å². The Labute approximate surface area is 155 Å². The van der Waals surface area contributed by atoms with Crippen LogP contribution in [0.3, 0.4) is 0 Å². The van der Waals surface area contributed by atoms with Crippen LogP contribution in [-0.2, 0) is 9.59 Å². The zero-order valence-corrected chi connectivity index (χ0v) is 14.8. The van der Waals surface area contributed by atoms with Gasteiger partial charge in [0.15, 0.2) is 11.5 Å². The van der Waals surface area contributed by atoms with Crippen molar-refractivity contribution in [1.29, 1.82) is 0 Å². The number of rotatable bonds is 3. The Morgan fingerprint density at radius 3 is 2.74 bits per heavy atom. The lowest BCUT2D eigenvalue weighted by atomic mass is 10.1. The van der Waals surface area contributed by atoms with Gasteiger partial charge in [-0.1, -0.05) is 6.07 Å². The molecule has 4 rings (SSSR count). The zero-order chi connectivity index (χ0) is 19.0. The fourth-order valence-electron chi connectivity index (χ4n) is 3.30. The van der Waals surface area contributed by atoms with Gasteiger partial charge in [0, 0.05) is 30.4 Å². The van der Waals surface area contributed by atoms with Crippen molar-refractivity contribution >= 4 is 23.2 Å². The van der Waals surface area contributed by atoms with Crippen LogP contribution < -0.4 is 19.7 Å². The van der Waals surface area contributed by atoms with Crippen LogP contribution in [0.4, 0.5) is 15.8 Å². The van der Waals surface area contributed by atoms with Crippen LogP contribution >= 0.6 is 0 Å². The van der Waals surface area contributed by atoms with Crippen LogP contribution in [0.5, 0.6) is 11.5 Å². The van der Waals surface area contributed by atoms with E-state index in [2.05, 4.69) is 5.32 Å². The number of halogens is 1. The number of nitrogens with one attached hydrogen (secondary N) is 1. The Hall–Kier alpha value is -3.09. The van der Waals surface area contributed by atoms with Gasteiger partial charge < -0.3 is 19.7 Å². The summed E-state index contributed by atoms with van der Waals surface area (Å²) in [5.41, 5.74) is 1.85. The molecule has 1 atom stereocenters. The standard InChI is InChI=1S/C20H19FN2O4/c1-12-2-3-14(21)9-16(12)22-20(25)13-8-19(24)23(11-13)15-4-5-17-18(10-15)27-7-6-26-17/h2-5,9-10,13H,6-8,11H2,1H3,(H,22,25)/t13-/m0/s1. The van der Waals surface area contributed by atoms with Crippen molar-refractivity contribution in [2.75, 3.05) is 30.0 Å². The van der Waals surface area contributed by atoms with Gasteiger partial charge in [-0.3, -0.25) is 9.59 Å². The molecule has 0 spiro atoms. The normalized spacial score (nSPS) is 18.5. The third-order valence-electron chi connectivity index (χ3n) is 4.79. The number of fused-ring (bicyclic) bond motifs is 1. The van der Waals surface area contributed by atoms with Crippen LogP contribution in [-0.4, -0.2) is 31.6 Å². The van der Waals surface area contributed by atoms with Crippen molar-refractivity contribution in [1.82, 2.24) is 0 Å². The van der Waals surface area contributed by atoms with Crippen molar-refractivity contribution < 1.29 is 23.5 Å². The minimum Gasteiger partial charge on any atom is -0.486 e. The highest BCUT2D eigenvalue weighted by atomic mass is 19.1. The lowest BCUT2D eigenvalue weighted by molar-refractivity contribution is -0.122. The van der Waals surface area contributed by atoms with Crippen molar-refractivity contribution in [3.05, 3.63) is 47.8 Å². The second-order valence-corrected chi connectivity index (χ2v) is 6.68. The number of nitrogens with zero attached hydrogens (tertiary/aromatic N) is 1. The van der Waals surface area contributed by atoms with E-state index in [1.54, 1.807) is 36.1 Å². The minimum absolute atomic E-state index is 0.106. The van der Waals surface area contributed by atoms with Gasteiger partial charge in [-0.05, 0) is 36.8 Å². The van der Waals surface area contributed by atoms with E-state index in [4.69, 9.17) is 9.47 Å². The van der Waals surface area contributed by atoms with Gasteiger partial charge in [0.1, 0.15) is 19.0 Å². The molecule has 6 nitrogen and oxygen atoms in total. The summed E-state index contributed by atoms with van der Waals surface area (Å²) < 4.78 is 24.5. The molecule has 0 bridgehead atoms. The highest BCUT2D eigenvalue weighted by molar-refractivity contribution is 6.03. The predicted molar refractivity (Wildman–Crippen MR) is 97.7 cm³/mol. The first-order chi connectivity index (χ1) is 13.0. The molecule has 2 aromatic rings. The van der Waals surface area contributed by atoms with Crippen LogP contribution in [0.25, 0.3) is 0 Å². The maximum Gasteiger partial charge on any atom is 0.229 e. The predicted octanol–water partition coefficient (Wildman–Crippen LogP) is 2.90. The number of hydrogen-bond acceptors (Lipinski definition) is 4. The van der Waals surface area contributed by atoms with Crippen molar-refractivity contribution in [2.24, 2.45) is 5.92 Å². The van der Waals surface area contributed by atoms with Gasteiger partial charge in [-0.25, -0.2) is 4.39 Å². The smallest absolute Gasteiger partial charge is 0.229 e. The van der Waals surface area contributed by atoms with Gasteiger partial charge in [0.05, 0.1) is 5.92 Å². The van der Waals surface area contributed by atoms with Gasteiger partial charge in [-0.15, -0.1) is 0 Å². The molecule has 7 heteroatoms. The lowest BCUT2D eigenvalue weighted by Gasteiger charge is -2.22. The number of aryl methyl sites for hydroxylation is 1. The Morgan fingerprint density at radius 1 is 1.15 bits per heavy atom. The molecule has 1 N–H and O–H groups in total. The largest absolute Gasteiger partial charge is 0.486 e. The number of carbonyl (C=O) groups is 2. The van der Waals surface area contributed by atoms with Gasteiger partial charge in [0.25, 0.3) is 0 Å². The fourth-order valence-corrected chi connectivity index (χ4v) is 3.30. The molecule has 0 aliphatic carbocycles. The third kappa shape index (κ3) is 3.45. The first-order valence-electron chi connectivity index (χ1n) is 8.78. The molecule has 1 fully saturated rings. The summed E-state index contributed by atoms with van der Waals surface area (Å²) in [6, 6.07) is 9.52. The molecule has 0 saturated carbocycles. The topological polar surface area (TPSA) is 67.9 Å². The monoisotopic (exact) mass is 370 g/mol. The van der Waals surface area contributed by atoms with E-state index in [9.17, 15) is 14.0 Å². The van der Waals surface area contributed by atoms with Crippen molar-refractivity contribution in [3.8, 4) is 11.5 Å². The first kappa shape index (κ1) is 17.3. The van der Waals surface area contributed by atoms with E-state index in [0.29, 0.717) is 36.1 Å².